The largest absolute Gasteiger partial charge is 0.497 e. The van der Waals surface area contributed by atoms with Crippen LogP contribution in [0.3, 0.4) is 0 Å². The lowest BCUT2D eigenvalue weighted by Gasteiger charge is -2.35. The number of nitrogens with one attached hydrogen (secondary N) is 1. The minimum Gasteiger partial charge on any atom is -0.497 e. The number of aliphatic imine (C=N–C) groups is 1. The number of guanidine groups is 1. The average Bonchev–Trinajstić information content (AvgIpc) is 2.71. The fourth-order valence-electron chi connectivity index (χ4n) is 3.18. The van der Waals surface area contributed by atoms with Gasteiger partial charge in [0.05, 0.1) is 25.6 Å². The standard InChI is InChI=1S/C20H34N4O4S.HI/c1-17(2)28-14-15-29(25,26)24-12-10-23(11-13-24)20(21-3)22-9-8-18-6-5-7-19(16-18)27-4;/h5-7,16-17H,8-15H2,1-4H3,(H,21,22);1H. The monoisotopic (exact) mass is 554 g/mol. The van der Waals surface area contributed by atoms with Crippen LogP contribution in [-0.2, 0) is 21.2 Å². The summed E-state index contributed by atoms with van der Waals surface area (Å²) >= 11 is 0. The van der Waals surface area contributed by atoms with Crippen molar-refractivity contribution in [2.45, 2.75) is 26.4 Å². The summed E-state index contributed by atoms with van der Waals surface area (Å²) in [5.41, 5.74) is 1.19. The summed E-state index contributed by atoms with van der Waals surface area (Å²) in [5, 5.41) is 3.37. The molecule has 1 aromatic carbocycles. The van der Waals surface area contributed by atoms with Crippen LogP contribution in [0.2, 0.25) is 0 Å². The predicted octanol–water partition coefficient (Wildman–Crippen LogP) is 1.80. The van der Waals surface area contributed by atoms with Crippen molar-refractivity contribution in [1.29, 1.82) is 0 Å². The summed E-state index contributed by atoms with van der Waals surface area (Å²) in [7, 11) is 0.128. The van der Waals surface area contributed by atoms with Crippen molar-refractivity contribution in [2.75, 3.05) is 59.2 Å². The first-order valence-corrected chi connectivity index (χ1v) is 11.6. The Labute approximate surface area is 198 Å². The number of nitrogens with zero attached hydrogens (tertiary/aromatic N) is 3. The van der Waals surface area contributed by atoms with Crippen molar-refractivity contribution in [3.05, 3.63) is 29.8 Å². The fourth-order valence-corrected chi connectivity index (χ4v) is 4.46. The zero-order valence-corrected chi connectivity index (χ0v) is 21.5. The van der Waals surface area contributed by atoms with E-state index in [9.17, 15) is 8.42 Å². The smallest absolute Gasteiger partial charge is 0.216 e. The van der Waals surface area contributed by atoms with Gasteiger partial charge in [-0.2, -0.15) is 4.31 Å². The molecule has 0 aliphatic carbocycles. The van der Waals surface area contributed by atoms with Gasteiger partial charge in [0.2, 0.25) is 10.0 Å². The van der Waals surface area contributed by atoms with Crippen LogP contribution in [0.25, 0.3) is 0 Å². The van der Waals surface area contributed by atoms with Gasteiger partial charge < -0.3 is 19.7 Å². The minimum absolute atomic E-state index is 0. The summed E-state index contributed by atoms with van der Waals surface area (Å²) in [6, 6.07) is 8.00. The van der Waals surface area contributed by atoms with Gasteiger partial charge in [-0.05, 0) is 38.0 Å². The lowest BCUT2D eigenvalue weighted by molar-refractivity contribution is 0.0904. The maximum Gasteiger partial charge on any atom is 0.216 e. The third-order valence-electron chi connectivity index (χ3n) is 4.77. The molecule has 0 radical (unpaired) electrons. The maximum atomic E-state index is 12.5. The van der Waals surface area contributed by atoms with Gasteiger partial charge in [-0.25, -0.2) is 8.42 Å². The molecule has 0 atom stereocenters. The van der Waals surface area contributed by atoms with Crippen LogP contribution in [0.4, 0.5) is 0 Å². The molecule has 1 heterocycles. The number of piperazine rings is 1. The van der Waals surface area contributed by atoms with Crippen LogP contribution < -0.4 is 10.1 Å². The number of hydrogen-bond acceptors (Lipinski definition) is 5. The van der Waals surface area contributed by atoms with Gasteiger partial charge in [0, 0.05) is 39.8 Å². The van der Waals surface area contributed by atoms with Crippen LogP contribution in [0.15, 0.2) is 29.3 Å². The lowest BCUT2D eigenvalue weighted by atomic mass is 10.1. The summed E-state index contributed by atoms with van der Waals surface area (Å²) in [6.45, 7) is 6.92. The van der Waals surface area contributed by atoms with E-state index in [0.717, 1.165) is 24.7 Å². The van der Waals surface area contributed by atoms with Gasteiger partial charge in [-0.3, -0.25) is 4.99 Å². The fraction of sp³-hybridized carbons (Fsp3) is 0.650. The van der Waals surface area contributed by atoms with Crippen LogP contribution in [0, 0.1) is 0 Å². The molecule has 1 aliphatic heterocycles. The molecular weight excluding hydrogens is 519 g/mol. The normalized spacial score (nSPS) is 15.8. The molecule has 0 amide bonds. The van der Waals surface area contributed by atoms with Gasteiger partial charge in [-0.1, -0.05) is 12.1 Å². The van der Waals surface area contributed by atoms with Gasteiger partial charge in [0.25, 0.3) is 0 Å². The highest BCUT2D eigenvalue weighted by Crippen LogP contribution is 2.13. The summed E-state index contributed by atoms with van der Waals surface area (Å²) in [4.78, 5) is 6.45. The number of ether oxygens (including phenoxy) is 2. The molecule has 10 heteroatoms. The van der Waals surface area contributed by atoms with Crippen molar-refractivity contribution >= 4 is 40.0 Å². The van der Waals surface area contributed by atoms with Crippen LogP contribution in [-0.4, -0.2) is 88.9 Å². The molecule has 0 unspecified atom stereocenters. The Hall–Kier alpha value is -1.11. The van der Waals surface area contributed by atoms with Gasteiger partial charge in [-0.15, -0.1) is 24.0 Å². The maximum absolute atomic E-state index is 12.5. The second kappa shape index (κ2) is 13.3. The summed E-state index contributed by atoms with van der Waals surface area (Å²) in [6.07, 6.45) is 0.883. The van der Waals surface area contributed by atoms with Gasteiger partial charge in [0.1, 0.15) is 5.75 Å². The van der Waals surface area contributed by atoms with Crippen molar-refractivity contribution < 1.29 is 17.9 Å². The highest BCUT2D eigenvalue weighted by molar-refractivity contribution is 14.0. The Morgan fingerprint density at radius 3 is 2.53 bits per heavy atom. The van der Waals surface area contributed by atoms with Gasteiger partial charge in [0.15, 0.2) is 5.96 Å². The average molecular weight is 554 g/mol. The Morgan fingerprint density at radius 1 is 1.23 bits per heavy atom. The molecule has 1 aliphatic rings. The number of methoxy groups -OCH3 is 1. The third-order valence-corrected chi connectivity index (χ3v) is 6.60. The molecule has 8 nitrogen and oxygen atoms in total. The van der Waals surface area contributed by atoms with E-state index in [0.29, 0.717) is 26.2 Å². The molecular formula is C20H35IN4O4S. The van der Waals surface area contributed by atoms with Crippen molar-refractivity contribution in [1.82, 2.24) is 14.5 Å². The van der Waals surface area contributed by atoms with E-state index in [1.165, 1.54) is 5.56 Å². The van der Waals surface area contributed by atoms with Crippen molar-refractivity contribution in [3.63, 3.8) is 0 Å². The molecule has 0 spiro atoms. The number of benzene rings is 1. The van der Waals surface area contributed by atoms with E-state index in [1.807, 2.05) is 32.0 Å². The topological polar surface area (TPSA) is 83.5 Å². The lowest BCUT2D eigenvalue weighted by Crippen LogP contribution is -2.54. The molecule has 2 rings (SSSR count). The molecule has 0 saturated carbocycles. The third kappa shape index (κ3) is 8.56. The second-order valence-corrected chi connectivity index (χ2v) is 9.29. The van der Waals surface area contributed by atoms with Crippen molar-refractivity contribution in [2.24, 2.45) is 4.99 Å². The number of hydrogen-bond donors (Lipinski definition) is 1. The number of rotatable bonds is 9. The highest BCUT2D eigenvalue weighted by atomic mass is 127. The SMILES string of the molecule is CN=C(NCCc1cccc(OC)c1)N1CCN(S(=O)(=O)CCOC(C)C)CC1.I. The van der Waals surface area contributed by atoms with Crippen LogP contribution in [0.5, 0.6) is 5.75 Å². The Morgan fingerprint density at radius 2 is 1.93 bits per heavy atom. The van der Waals surface area contributed by atoms with Crippen molar-refractivity contribution in [3.8, 4) is 5.75 Å². The second-order valence-electron chi connectivity index (χ2n) is 7.20. The first kappa shape index (κ1) is 26.9. The Kier molecular flexibility index (Phi) is 12.0. The quantitative estimate of drug-likeness (QED) is 0.285. The van der Waals surface area contributed by atoms with E-state index in [2.05, 4.69) is 21.3 Å². The van der Waals surface area contributed by atoms with Crippen LogP contribution >= 0.6 is 24.0 Å². The van der Waals surface area contributed by atoms with Gasteiger partial charge >= 0.3 is 0 Å². The molecule has 1 aromatic rings. The van der Waals surface area contributed by atoms with E-state index < -0.39 is 10.0 Å². The summed E-state index contributed by atoms with van der Waals surface area (Å²) in [5.74, 6) is 1.68. The van der Waals surface area contributed by atoms with E-state index in [1.54, 1.807) is 18.5 Å². The van der Waals surface area contributed by atoms with E-state index in [-0.39, 0.29) is 42.4 Å². The zero-order valence-electron chi connectivity index (χ0n) is 18.3. The molecule has 30 heavy (non-hydrogen) atoms. The van der Waals surface area contributed by atoms with Crippen LogP contribution in [0.1, 0.15) is 19.4 Å². The molecule has 0 bridgehead atoms. The zero-order chi connectivity index (χ0) is 21.3. The molecule has 0 aromatic heterocycles. The first-order valence-electron chi connectivity index (χ1n) is 10.0. The first-order chi connectivity index (χ1) is 13.9. The van der Waals surface area contributed by atoms with E-state index >= 15 is 0 Å². The highest BCUT2D eigenvalue weighted by Gasteiger charge is 2.27. The van der Waals surface area contributed by atoms with E-state index in [4.69, 9.17) is 9.47 Å². The molecule has 1 N–H and O–H groups in total. The Balaban J connectivity index is 0.00000450. The molecule has 1 saturated heterocycles. The number of halogens is 1. The Bertz CT molecular complexity index is 766. The molecule has 1 fully saturated rings. The number of sulfonamides is 1. The summed E-state index contributed by atoms with van der Waals surface area (Å²) < 4.78 is 37.1. The molecule has 172 valence electrons. The minimum atomic E-state index is -3.28. The predicted molar refractivity (Wildman–Crippen MR) is 131 cm³/mol.